The topological polar surface area (TPSA) is 99.6 Å². The second-order valence-corrected chi connectivity index (χ2v) is 4.24. The smallest absolute Gasteiger partial charge is 0.252 e. The Kier molecular flexibility index (Phi) is 2.82. The first-order valence-electron chi connectivity index (χ1n) is 5.94. The summed E-state index contributed by atoms with van der Waals surface area (Å²) in [5, 5.41) is 5.40. The number of fused-ring (bicyclic) bond motifs is 1. The maximum atomic E-state index is 11.8. The normalized spacial score (nSPS) is 24.7. The first kappa shape index (κ1) is 11.6. The van der Waals surface area contributed by atoms with Crippen LogP contribution in [0.3, 0.4) is 0 Å². The van der Waals surface area contributed by atoms with Gasteiger partial charge in [0.05, 0.1) is 6.42 Å². The number of nitrogens with one attached hydrogen (secondary N) is 2. The number of aromatic nitrogens is 2. The Labute approximate surface area is 108 Å². The first-order chi connectivity index (χ1) is 9.24. The molecule has 2 saturated heterocycles. The Morgan fingerprint density at radius 1 is 1.32 bits per heavy atom. The summed E-state index contributed by atoms with van der Waals surface area (Å²) in [5.74, 6) is 0.211. The van der Waals surface area contributed by atoms with Gasteiger partial charge in [0.15, 0.2) is 0 Å². The summed E-state index contributed by atoms with van der Waals surface area (Å²) in [6, 6.07) is 1.19. The minimum Gasteiger partial charge on any atom is -0.353 e. The van der Waals surface area contributed by atoms with Crippen LogP contribution in [0, 0.1) is 0 Å². The highest BCUT2D eigenvalue weighted by Gasteiger charge is 2.38. The van der Waals surface area contributed by atoms with Crippen LogP contribution in [0.5, 0.6) is 0 Å². The molecule has 0 aromatic carbocycles. The Morgan fingerprint density at radius 2 is 2.11 bits per heavy atom. The van der Waals surface area contributed by atoms with Gasteiger partial charge in [-0.1, -0.05) is 0 Å². The number of guanidine groups is 1. The molecule has 0 radical (unpaired) electrons. The van der Waals surface area contributed by atoms with Gasteiger partial charge >= 0.3 is 0 Å². The van der Waals surface area contributed by atoms with Crippen LogP contribution < -0.4 is 10.6 Å². The van der Waals surface area contributed by atoms with Gasteiger partial charge in [-0.3, -0.25) is 14.9 Å². The molecule has 19 heavy (non-hydrogen) atoms. The van der Waals surface area contributed by atoms with E-state index in [0.29, 0.717) is 19.0 Å². The highest BCUT2D eigenvalue weighted by atomic mass is 16.2. The summed E-state index contributed by atoms with van der Waals surface area (Å²) >= 11 is 0. The number of hydrogen-bond donors (Lipinski definition) is 2. The maximum Gasteiger partial charge on any atom is 0.252 e. The highest BCUT2D eigenvalue weighted by Crippen LogP contribution is 2.15. The largest absolute Gasteiger partial charge is 0.353 e. The number of amides is 2. The third-order valence-electron chi connectivity index (χ3n) is 2.99. The van der Waals surface area contributed by atoms with Crippen molar-refractivity contribution < 1.29 is 9.59 Å². The van der Waals surface area contributed by atoms with Crippen LogP contribution in [0.1, 0.15) is 6.42 Å². The van der Waals surface area contributed by atoms with Gasteiger partial charge in [-0.25, -0.2) is 9.97 Å². The molecule has 8 heteroatoms. The molecule has 3 heterocycles. The van der Waals surface area contributed by atoms with E-state index in [1.54, 1.807) is 23.4 Å². The summed E-state index contributed by atoms with van der Waals surface area (Å²) in [4.78, 5) is 37.3. The summed E-state index contributed by atoms with van der Waals surface area (Å²) in [6.45, 7) is 1.13. The average Bonchev–Trinajstić information content (AvgIpc) is 2.41. The summed E-state index contributed by atoms with van der Waals surface area (Å²) in [5.41, 5.74) is 0. The zero-order chi connectivity index (χ0) is 13.2. The second-order valence-electron chi connectivity index (χ2n) is 4.24. The van der Waals surface area contributed by atoms with Gasteiger partial charge in [-0.05, 0) is 6.07 Å². The zero-order valence-electron chi connectivity index (χ0n) is 10.0. The summed E-state index contributed by atoms with van der Waals surface area (Å²) in [6.07, 6.45) is 3.27. The molecule has 0 aliphatic carbocycles. The highest BCUT2D eigenvalue weighted by molar-refractivity contribution is 6.05. The molecule has 0 bridgehead atoms. The van der Waals surface area contributed by atoms with Gasteiger partial charge in [0.2, 0.25) is 17.8 Å². The second kappa shape index (κ2) is 4.63. The lowest BCUT2D eigenvalue weighted by Gasteiger charge is -2.39. The average molecular weight is 260 g/mol. The number of carbonyl (C=O) groups is 2. The van der Waals surface area contributed by atoms with Crippen LogP contribution in [0.15, 0.2) is 23.5 Å². The number of hydrogen-bond acceptors (Lipinski definition) is 5. The Balaban J connectivity index is 1.93. The molecule has 2 aliphatic heterocycles. The molecule has 2 amide bonds. The SMILES string of the molecule is O=C1C[C@H]2C(=O)NCCN2C(=Nc2ncccn2)N1. The van der Waals surface area contributed by atoms with Crippen LogP contribution in [0.25, 0.3) is 0 Å². The first-order valence-corrected chi connectivity index (χ1v) is 5.94. The van der Waals surface area contributed by atoms with E-state index in [4.69, 9.17) is 0 Å². The van der Waals surface area contributed by atoms with E-state index < -0.39 is 6.04 Å². The molecule has 1 aromatic heterocycles. The minimum atomic E-state index is -0.495. The zero-order valence-corrected chi connectivity index (χ0v) is 10.0. The summed E-state index contributed by atoms with van der Waals surface area (Å²) < 4.78 is 0. The number of carbonyl (C=O) groups excluding carboxylic acids is 2. The van der Waals surface area contributed by atoms with E-state index >= 15 is 0 Å². The van der Waals surface area contributed by atoms with Crippen LogP contribution in [-0.4, -0.2) is 51.8 Å². The van der Waals surface area contributed by atoms with Crippen LogP contribution in [0.4, 0.5) is 5.95 Å². The number of nitrogens with zero attached hydrogens (tertiary/aromatic N) is 4. The van der Waals surface area contributed by atoms with Gasteiger partial charge in [-0.15, -0.1) is 0 Å². The van der Waals surface area contributed by atoms with Crippen molar-refractivity contribution in [3.8, 4) is 0 Å². The molecule has 1 aromatic rings. The lowest BCUT2D eigenvalue weighted by Crippen LogP contribution is -2.65. The van der Waals surface area contributed by atoms with Crippen LogP contribution >= 0.6 is 0 Å². The molecule has 2 fully saturated rings. The molecule has 8 nitrogen and oxygen atoms in total. The van der Waals surface area contributed by atoms with Gasteiger partial charge in [0.1, 0.15) is 6.04 Å². The number of aliphatic imine (C=N–C) groups is 1. The molecule has 2 N–H and O–H groups in total. The fourth-order valence-electron chi connectivity index (χ4n) is 2.13. The minimum absolute atomic E-state index is 0.139. The third kappa shape index (κ3) is 2.24. The van der Waals surface area contributed by atoms with E-state index in [1.807, 2.05) is 0 Å². The molecule has 0 spiro atoms. The maximum absolute atomic E-state index is 11.8. The lowest BCUT2D eigenvalue weighted by molar-refractivity contribution is -0.133. The summed E-state index contributed by atoms with van der Waals surface area (Å²) in [7, 11) is 0. The quantitative estimate of drug-likeness (QED) is 0.659. The molecular weight excluding hydrogens is 248 g/mol. The Bertz CT molecular complexity index is 543. The van der Waals surface area contributed by atoms with Gasteiger partial charge in [-0.2, -0.15) is 4.99 Å². The number of rotatable bonds is 1. The lowest BCUT2D eigenvalue weighted by atomic mass is 10.1. The Hall–Kier alpha value is -2.51. The predicted octanol–water partition coefficient (Wildman–Crippen LogP) is -1.22. The Morgan fingerprint density at radius 3 is 2.89 bits per heavy atom. The fraction of sp³-hybridized carbons (Fsp3) is 0.364. The van der Waals surface area contributed by atoms with Gasteiger partial charge in [0, 0.05) is 25.5 Å². The van der Waals surface area contributed by atoms with Crippen molar-refractivity contribution in [2.24, 2.45) is 4.99 Å². The standard InChI is InChI=1S/C11H12N6O2/c18-8-6-7-9(19)12-4-5-17(7)11(15-8)16-10-13-2-1-3-14-10/h1-3,7H,4-6H2,(H,12,19)(H,13,14,15,16,18)/t7-/m0/s1. The fourth-order valence-corrected chi connectivity index (χ4v) is 2.13. The van der Waals surface area contributed by atoms with Crippen molar-refractivity contribution >= 4 is 23.7 Å². The van der Waals surface area contributed by atoms with E-state index in [1.165, 1.54) is 0 Å². The molecule has 0 unspecified atom stereocenters. The van der Waals surface area contributed by atoms with Crippen molar-refractivity contribution in [3.05, 3.63) is 18.5 Å². The third-order valence-corrected chi connectivity index (χ3v) is 2.99. The monoisotopic (exact) mass is 260 g/mol. The van der Waals surface area contributed by atoms with E-state index in [0.717, 1.165) is 0 Å². The van der Waals surface area contributed by atoms with Crippen molar-refractivity contribution in [1.29, 1.82) is 0 Å². The predicted molar refractivity (Wildman–Crippen MR) is 65.4 cm³/mol. The molecule has 98 valence electrons. The molecule has 2 aliphatic rings. The molecular formula is C11H12N6O2. The van der Waals surface area contributed by atoms with Crippen LogP contribution in [0.2, 0.25) is 0 Å². The van der Waals surface area contributed by atoms with Crippen molar-refractivity contribution in [3.63, 3.8) is 0 Å². The van der Waals surface area contributed by atoms with Gasteiger partial charge < -0.3 is 10.2 Å². The molecule has 3 rings (SSSR count). The molecule has 1 atom stereocenters. The van der Waals surface area contributed by atoms with Crippen molar-refractivity contribution in [2.75, 3.05) is 13.1 Å². The van der Waals surface area contributed by atoms with Crippen molar-refractivity contribution in [2.45, 2.75) is 12.5 Å². The number of piperazine rings is 1. The van der Waals surface area contributed by atoms with Crippen LogP contribution in [-0.2, 0) is 9.59 Å². The van der Waals surface area contributed by atoms with Crippen molar-refractivity contribution in [1.82, 2.24) is 25.5 Å². The molecule has 0 saturated carbocycles. The van der Waals surface area contributed by atoms with E-state index in [2.05, 4.69) is 25.6 Å². The van der Waals surface area contributed by atoms with E-state index in [-0.39, 0.29) is 24.2 Å². The van der Waals surface area contributed by atoms with Gasteiger partial charge in [0.25, 0.3) is 5.95 Å². The van der Waals surface area contributed by atoms with E-state index in [9.17, 15) is 9.59 Å².